The van der Waals surface area contributed by atoms with Crippen LogP contribution >= 0.6 is 0 Å². The predicted molar refractivity (Wildman–Crippen MR) is 202 cm³/mol. The average Bonchev–Trinajstić information content (AvgIpc) is 3.46. The second kappa shape index (κ2) is 18.4. The quantitative estimate of drug-likeness (QED) is 0.0933. The molecule has 4 atom stereocenters. The number of pyridine rings is 1. The molecule has 2 aromatic carbocycles. The van der Waals surface area contributed by atoms with Gasteiger partial charge in [0.05, 0.1) is 35.5 Å². The summed E-state index contributed by atoms with van der Waals surface area (Å²) in [6.07, 6.45) is 0.783. The minimum Gasteiger partial charge on any atom is -0.411 e. The molecule has 282 valence electrons. The second-order valence-electron chi connectivity index (χ2n) is 14.3. The first-order chi connectivity index (χ1) is 24.7. The van der Waals surface area contributed by atoms with Crippen molar-refractivity contribution in [2.45, 2.75) is 89.9 Å². The number of carbonyl (C=O) groups excluding carboxylic acids is 2. The number of benzene rings is 2. The fourth-order valence-electron chi connectivity index (χ4n) is 6.41. The third kappa shape index (κ3) is 10.4. The Kier molecular flexibility index (Phi) is 14.3. The normalized spacial score (nSPS) is 16.2. The molecule has 3 amide bonds. The van der Waals surface area contributed by atoms with Gasteiger partial charge in [-0.25, -0.2) is 13.2 Å². The maximum absolute atomic E-state index is 14.3. The van der Waals surface area contributed by atoms with E-state index in [4.69, 9.17) is 10.2 Å². The van der Waals surface area contributed by atoms with Crippen LogP contribution < -0.4 is 5.32 Å². The van der Waals surface area contributed by atoms with E-state index in [0.717, 1.165) is 17.0 Å². The first kappa shape index (κ1) is 40.4. The van der Waals surface area contributed by atoms with Gasteiger partial charge in [-0.05, 0) is 59.6 Å². The van der Waals surface area contributed by atoms with Crippen molar-refractivity contribution in [2.75, 3.05) is 26.2 Å². The monoisotopic (exact) mass is 734 g/mol. The zero-order chi connectivity index (χ0) is 38.0. The van der Waals surface area contributed by atoms with E-state index >= 15 is 0 Å². The fourth-order valence-corrected chi connectivity index (χ4v) is 8.04. The first-order valence-electron chi connectivity index (χ1n) is 18.1. The molecule has 3 N–H and O–H groups in total. The Bertz CT molecular complexity index is 1750. The molecule has 52 heavy (non-hydrogen) atoms. The van der Waals surface area contributed by atoms with Crippen LogP contribution in [-0.2, 0) is 27.8 Å². The maximum atomic E-state index is 14.3. The number of nitrogens with one attached hydrogen (secondary N) is 1. The highest BCUT2D eigenvalue weighted by molar-refractivity contribution is 7.89. The van der Waals surface area contributed by atoms with Crippen LogP contribution in [0.4, 0.5) is 4.79 Å². The number of aliphatic hydroxyl groups is 1. The van der Waals surface area contributed by atoms with E-state index in [1.807, 2.05) is 76.2 Å². The van der Waals surface area contributed by atoms with E-state index in [1.54, 1.807) is 9.80 Å². The van der Waals surface area contributed by atoms with Crippen molar-refractivity contribution in [1.29, 1.82) is 0 Å². The highest BCUT2D eigenvalue weighted by Crippen LogP contribution is 2.24. The minimum absolute atomic E-state index is 0.0270. The number of urea groups is 1. The lowest BCUT2D eigenvalue weighted by Gasteiger charge is -2.35. The minimum atomic E-state index is -4.06. The van der Waals surface area contributed by atoms with E-state index < -0.39 is 34.1 Å². The number of aromatic nitrogens is 1. The maximum Gasteiger partial charge on any atom is 0.321 e. The summed E-state index contributed by atoms with van der Waals surface area (Å²) in [4.78, 5) is 36.3. The van der Waals surface area contributed by atoms with Crippen LogP contribution in [-0.4, -0.2) is 100 Å². The predicted octanol–water partition coefficient (Wildman–Crippen LogP) is 5.10. The molecule has 0 bridgehead atoms. The Morgan fingerprint density at radius 2 is 1.67 bits per heavy atom. The van der Waals surface area contributed by atoms with E-state index in [9.17, 15) is 23.1 Å². The van der Waals surface area contributed by atoms with Gasteiger partial charge in [0.15, 0.2) is 0 Å². The van der Waals surface area contributed by atoms with Gasteiger partial charge in [-0.1, -0.05) is 102 Å². The van der Waals surface area contributed by atoms with Crippen LogP contribution in [0.2, 0.25) is 0 Å². The van der Waals surface area contributed by atoms with Gasteiger partial charge in [0.2, 0.25) is 15.9 Å². The van der Waals surface area contributed by atoms with Crippen LogP contribution in [0.5, 0.6) is 0 Å². The van der Waals surface area contributed by atoms with Crippen molar-refractivity contribution in [1.82, 2.24) is 24.4 Å². The highest BCUT2D eigenvalue weighted by atomic mass is 32.2. The third-order valence-electron chi connectivity index (χ3n) is 9.46. The summed E-state index contributed by atoms with van der Waals surface area (Å²) in [6, 6.07) is 19.2. The summed E-state index contributed by atoms with van der Waals surface area (Å²) in [5.74, 6) is -0.409. The number of nitrogens with zero attached hydrogens (tertiary/aromatic N) is 5. The Morgan fingerprint density at radius 1 is 0.981 bits per heavy atom. The zero-order valence-electron chi connectivity index (χ0n) is 31.1. The number of amides is 3. The largest absolute Gasteiger partial charge is 0.411 e. The molecule has 0 spiro atoms. The third-order valence-corrected chi connectivity index (χ3v) is 11.3. The standard InChI is InChI=1S/C39H54N6O6S/c1-7-29(6)37(45-21-20-43(39(45)48)25-32-14-11-15-34(41-32)28(4)5)38(47)42-35(22-30-12-9-8-10-13-30)36(46)26-44(24-27(2)3)52(50,51)33-18-16-31(17-19-33)23-40-49/h8-19,23,27-29,35-37,46,49H,7,20-22,24-26H2,1-6H3,(H,42,47)/t29-,35-,36+,37-/m0/s1. The van der Waals surface area contributed by atoms with Gasteiger partial charge in [0, 0.05) is 31.9 Å². The van der Waals surface area contributed by atoms with E-state index in [-0.39, 0.29) is 48.2 Å². The number of oxime groups is 1. The van der Waals surface area contributed by atoms with Gasteiger partial charge in [-0.15, -0.1) is 0 Å². The number of hydrogen-bond acceptors (Lipinski definition) is 8. The van der Waals surface area contributed by atoms with Gasteiger partial charge >= 0.3 is 6.03 Å². The molecule has 0 radical (unpaired) electrons. The van der Waals surface area contributed by atoms with E-state index in [1.165, 1.54) is 34.8 Å². The van der Waals surface area contributed by atoms with Crippen LogP contribution in [0.1, 0.15) is 76.4 Å². The van der Waals surface area contributed by atoms with Crippen molar-refractivity contribution in [2.24, 2.45) is 17.0 Å². The Hall–Kier alpha value is -4.33. The topological polar surface area (TPSA) is 156 Å². The molecule has 2 heterocycles. The summed E-state index contributed by atoms with van der Waals surface area (Å²) >= 11 is 0. The molecule has 0 unspecified atom stereocenters. The molecule has 3 aromatic rings. The molecule has 1 aliphatic heterocycles. The van der Waals surface area contributed by atoms with Crippen molar-refractivity contribution >= 4 is 28.2 Å². The molecule has 1 aromatic heterocycles. The van der Waals surface area contributed by atoms with Crippen molar-refractivity contribution in [3.8, 4) is 0 Å². The number of carbonyl (C=O) groups is 2. The SMILES string of the molecule is CC[C@H](C)[C@@H](C(=O)N[C@@H](Cc1ccccc1)[C@H](O)CN(CC(C)C)S(=O)(=O)c1ccc(C=NO)cc1)N1CCN(Cc2cccc(C(C)C)n2)C1=O. The fraction of sp³-hybridized carbons (Fsp3) is 0.487. The van der Waals surface area contributed by atoms with Crippen LogP contribution in [0.15, 0.2) is 82.8 Å². The number of hydrogen-bond donors (Lipinski definition) is 3. The molecule has 12 nitrogen and oxygen atoms in total. The first-order valence-corrected chi connectivity index (χ1v) is 19.5. The molecule has 0 saturated carbocycles. The van der Waals surface area contributed by atoms with Gasteiger partial charge < -0.3 is 25.4 Å². The van der Waals surface area contributed by atoms with Gasteiger partial charge in [-0.2, -0.15) is 4.31 Å². The summed E-state index contributed by atoms with van der Waals surface area (Å²) in [7, 11) is -4.06. The summed E-state index contributed by atoms with van der Waals surface area (Å²) in [6.45, 7) is 12.8. The summed E-state index contributed by atoms with van der Waals surface area (Å²) in [5, 5.41) is 26.7. The molecule has 13 heteroatoms. The molecule has 4 rings (SSSR count). The number of rotatable bonds is 18. The second-order valence-corrected chi connectivity index (χ2v) is 16.3. The molecule has 0 aliphatic carbocycles. The number of aliphatic hydroxyl groups excluding tert-OH is 1. The molecule has 1 fully saturated rings. The van der Waals surface area contributed by atoms with E-state index in [0.29, 0.717) is 31.6 Å². The molecule has 1 aliphatic rings. The molecular formula is C39H54N6O6S. The van der Waals surface area contributed by atoms with E-state index in [2.05, 4.69) is 24.3 Å². The zero-order valence-corrected chi connectivity index (χ0v) is 31.9. The average molecular weight is 735 g/mol. The van der Waals surface area contributed by atoms with Crippen molar-refractivity contribution in [3.05, 3.63) is 95.3 Å². The summed E-state index contributed by atoms with van der Waals surface area (Å²) in [5.41, 5.74) is 3.11. The lowest BCUT2D eigenvalue weighted by Crippen LogP contribution is -2.57. The van der Waals surface area contributed by atoms with Gasteiger partial charge in [0.1, 0.15) is 6.04 Å². The lowest BCUT2D eigenvalue weighted by molar-refractivity contribution is -0.128. The molecule has 1 saturated heterocycles. The van der Waals surface area contributed by atoms with Crippen molar-refractivity contribution in [3.63, 3.8) is 0 Å². The smallest absolute Gasteiger partial charge is 0.321 e. The lowest BCUT2D eigenvalue weighted by atomic mass is 9.95. The van der Waals surface area contributed by atoms with Crippen LogP contribution in [0, 0.1) is 11.8 Å². The molecular weight excluding hydrogens is 681 g/mol. The Balaban J connectivity index is 1.59. The van der Waals surface area contributed by atoms with Crippen molar-refractivity contribution < 1.29 is 28.3 Å². The van der Waals surface area contributed by atoms with Crippen LogP contribution in [0.3, 0.4) is 0 Å². The highest BCUT2D eigenvalue weighted by Gasteiger charge is 2.41. The number of sulfonamides is 1. The Morgan fingerprint density at radius 3 is 2.29 bits per heavy atom. The van der Waals surface area contributed by atoms with Gasteiger partial charge in [-0.3, -0.25) is 9.78 Å². The van der Waals surface area contributed by atoms with Gasteiger partial charge in [0.25, 0.3) is 0 Å². The summed E-state index contributed by atoms with van der Waals surface area (Å²) < 4.78 is 29.1. The van der Waals surface area contributed by atoms with Crippen LogP contribution in [0.25, 0.3) is 0 Å². The Labute approximate surface area is 308 Å².